The number of fused-ring (bicyclic) bond motifs is 1. The molecule has 0 spiro atoms. The number of ether oxygens (including phenoxy) is 2. The van der Waals surface area contributed by atoms with Crippen LogP contribution in [0.2, 0.25) is 5.02 Å². The summed E-state index contributed by atoms with van der Waals surface area (Å²) in [6.07, 6.45) is 4.77. The van der Waals surface area contributed by atoms with Gasteiger partial charge >= 0.3 is 0 Å². The van der Waals surface area contributed by atoms with Crippen LogP contribution in [-0.4, -0.2) is 79.2 Å². The quantitative estimate of drug-likeness (QED) is 0.237. The molecule has 0 bridgehead atoms. The van der Waals surface area contributed by atoms with Gasteiger partial charge in [0, 0.05) is 49.7 Å². The van der Waals surface area contributed by atoms with Crippen LogP contribution < -0.4 is 19.7 Å². The Kier molecular flexibility index (Phi) is 8.83. The van der Waals surface area contributed by atoms with Crippen molar-refractivity contribution in [3.63, 3.8) is 0 Å². The van der Waals surface area contributed by atoms with Gasteiger partial charge in [-0.3, -0.25) is 0 Å². The van der Waals surface area contributed by atoms with E-state index in [4.69, 9.17) is 21.1 Å². The molecular formula is C33H38ClFN6O2. The minimum Gasteiger partial charge on any atom is -0.489 e. The Labute approximate surface area is 257 Å². The summed E-state index contributed by atoms with van der Waals surface area (Å²) in [5.41, 5.74) is 3.43. The standard InChI is InChI=1S/C33H38ClFN6O2/c1-39(2)25-9-14-41(19-25)26-17-29-32(31(18-26)43-27-10-12-40(3)13-11-27)33(37-21-36-29)38-24-7-8-30(28(34)16-24)42-20-22-5-4-6-23(35)15-22/h4-8,15-18,21,25,27H,9-14,19-20H2,1-3H3,(H,36,37,38). The monoisotopic (exact) mass is 604 g/mol. The van der Waals surface area contributed by atoms with E-state index in [1.165, 1.54) is 12.1 Å². The molecule has 3 heterocycles. The number of benzene rings is 3. The molecule has 4 aromatic rings. The lowest BCUT2D eigenvalue weighted by atomic mass is 10.1. The van der Waals surface area contributed by atoms with Gasteiger partial charge in [-0.05, 0) is 82.4 Å². The highest BCUT2D eigenvalue weighted by Gasteiger charge is 2.27. The molecule has 8 nitrogen and oxygen atoms in total. The molecule has 2 aliphatic rings. The maximum Gasteiger partial charge on any atom is 0.145 e. The molecule has 6 rings (SSSR count). The van der Waals surface area contributed by atoms with Gasteiger partial charge in [-0.25, -0.2) is 14.4 Å². The number of hydrogen-bond acceptors (Lipinski definition) is 8. The fourth-order valence-electron chi connectivity index (χ4n) is 5.81. The maximum atomic E-state index is 13.5. The Morgan fingerprint density at radius 3 is 2.58 bits per heavy atom. The zero-order valence-electron chi connectivity index (χ0n) is 24.9. The molecule has 1 unspecified atom stereocenters. The molecule has 0 aliphatic carbocycles. The highest BCUT2D eigenvalue weighted by atomic mass is 35.5. The minimum atomic E-state index is -0.298. The van der Waals surface area contributed by atoms with Crippen molar-refractivity contribution in [3.05, 3.63) is 77.3 Å². The number of nitrogens with zero attached hydrogens (tertiary/aromatic N) is 5. The predicted octanol–water partition coefficient (Wildman–Crippen LogP) is 6.36. The van der Waals surface area contributed by atoms with Crippen LogP contribution in [0.25, 0.3) is 10.9 Å². The normalized spacial score (nSPS) is 18.0. The van der Waals surface area contributed by atoms with Gasteiger partial charge in [0.05, 0.1) is 15.9 Å². The van der Waals surface area contributed by atoms with E-state index in [0.717, 1.165) is 79.0 Å². The van der Waals surface area contributed by atoms with E-state index in [1.54, 1.807) is 24.5 Å². The first kappa shape index (κ1) is 29.4. The number of anilines is 3. The highest BCUT2D eigenvalue weighted by molar-refractivity contribution is 6.32. The molecule has 0 amide bonds. The third kappa shape index (κ3) is 6.95. The van der Waals surface area contributed by atoms with Gasteiger partial charge in [-0.1, -0.05) is 23.7 Å². The first-order valence-corrected chi connectivity index (χ1v) is 15.2. The summed E-state index contributed by atoms with van der Waals surface area (Å²) in [5.74, 6) is 1.66. The number of nitrogens with one attached hydrogen (secondary N) is 1. The average Bonchev–Trinajstić information content (AvgIpc) is 3.49. The molecule has 2 aliphatic heterocycles. The topological polar surface area (TPSA) is 66.0 Å². The maximum absolute atomic E-state index is 13.5. The van der Waals surface area contributed by atoms with E-state index in [1.807, 2.05) is 12.1 Å². The van der Waals surface area contributed by atoms with E-state index in [9.17, 15) is 4.39 Å². The van der Waals surface area contributed by atoms with E-state index < -0.39 is 0 Å². The van der Waals surface area contributed by atoms with Crippen LogP contribution in [0.3, 0.4) is 0 Å². The number of aromatic nitrogens is 2. The lowest BCUT2D eigenvalue weighted by Crippen LogP contribution is -2.35. The smallest absolute Gasteiger partial charge is 0.145 e. The number of likely N-dealkylation sites (N-methyl/N-ethyl adjacent to an activating group) is 1. The Balaban J connectivity index is 1.28. The van der Waals surface area contributed by atoms with E-state index in [2.05, 4.69) is 63.3 Å². The van der Waals surface area contributed by atoms with Crippen LogP contribution in [0.4, 0.5) is 21.6 Å². The van der Waals surface area contributed by atoms with Gasteiger partial charge in [0.2, 0.25) is 0 Å². The second kappa shape index (κ2) is 12.9. The number of halogens is 2. The summed E-state index contributed by atoms with van der Waals surface area (Å²) >= 11 is 6.60. The first-order valence-electron chi connectivity index (χ1n) is 14.8. The lowest BCUT2D eigenvalue weighted by molar-refractivity contribution is 0.116. The summed E-state index contributed by atoms with van der Waals surface area (Å²) < 4.78 is 26.2. The number of hydrogen-bond donors (Lipinski definition) is 1. The number of piperidine rings is 1. The fraction of sp³-hybridized carbons (Fsp3) is 0.394. The van der Waals surface area contributed by atoms with Crippen LogP contribution >= 0.6 is 11.6 Å². The zero-order chi connectivity index (χ0) is 29.9. The molecule has 1 N–H and O–H groups in total. The summed E-state index contributed by atoms with van der Waals surface area (Å²) in [4.78, 5) is 16.4. The van der Waals surface area contributed by atoms with Gasteiger partial charge in [0.25, 0.3) is 0 Å². The molecule has 1 atom stereocenters. The molecule has 0 radical (unpaired) electrons. The van der Waals surface area contributed by atoms with Crippen molar-refractivity contribution in [3.8, 4) is 11.5 Å². The SMILES string of the molecule is CN1CCC(Oc2cc(N3CCC(N(C)C)C3)cc3ncnc(Nc4ccc(OCc5cccc(F)c5)c(Cl)c4)c23)CC1. The van der Waals surface area contributed by atoms with E-state index in [0.29, 0.717) is 22.6 Å². The molecule has 10 heteroatoms. The molecule has 226 valence electrons. The number of rotatable bonds is 9. The number of likely N-dealkylation sites (tertiary alicyclic amines) is 1. The van der Waals surface area contributed by atoms with Crippen LogP contribution in [0.1, 0.15) is 24.8 Å². The van der Waals surface area contributed by atoms with Crippen molar-refractivity contribution in [2.75, 3.05) is 57.5 Å². The molecular weight excluding hydrogens is 567 g/mol. The second-order valence-electron chi connectivity index (χ2n) is 11.7. The molecule has 3 aromatic carbocycles. The third-order valence-corrected chi connectivity index (χ3v) is 8.68. The van der Waals surface area contributed by atoms with Gasteiger partial charge in [0.15, 0.2) is 0 Å². The van der Waals surface area contributed by atoms with Gasteiger partial charge in [-0.15, -0.1) is 0 Å². The molecule has 43 heavy (non-hydrogen) atoms. The average molecular weight is 605 g/mol. The van der Waals surface area contributed by atoms with Crippen LogP contribution in [0.5, 0.6) is 11.5 Å². The van der Waals surface area contributed by atoms with Crippen LogP contribution in [0.15, 0.2) is 60.9 Å². The molecule has 1 aromatic heterocycles. The van der Waals surface area contributed by atoms with Crippen molar-refractivity contribution >= 4 is 39.7 Å². The van der Waals surface area contributed by atoms with Crippen molar-refractivity contribution in [2.24, 2.45) is 0 Å². The third-order valence-electron chi connectivity index (χ3n) is 8.38. The second-order valence-corrected chi connectivity index (χ2v) is 12.1. The minimum absolute atomic E-state index is 0.125. The van der Waals surface area contributed by atoms with Crippen LogP contribution in [0, 0.1) is 5.82 Å². The largest absolute Gasteiger partial charge is 0.489 e. The van der Waals surface area contributed by atoms with Gasteiger partial charge in [-0.2, -0.15) is 0 Å². The highest BCUT2D eigenvalue weighted by Crippen LogP contribution is 2.39. The van der Waals surface area contributed by atoms with Gasteiger partial charge in [0.1, 0.15) is 42.2 Å². The van der Waals surface area contributed by atoms with E-state index >= 15 is 0 Å². The zero-order valence-corrected chi connectivity index (χ0v) is 25.6. The predicted molar refractivity (Wildman–Crippen MR) is 170 cm³/mol. The Morgan fingerprint density at radius 1 is 1.00 bits per heavy atom. The first-order chi connectivity index (χ1) is 20.8. The Bertz CT molecular complexity index is 1580. The summed E-state index contributed by atoms with van der Waals surface area (Å²) in [5, 5.41) is 4.73. The summed E-state index contributed by atoms with van der Waals surface area (Å²) in [7, 11) is 6.44. The Hall–Kier alpha value is -3.66. The molecule has 2 fully saturated rings. The summed E-state index contributed by atoms with van der Waals surface area (Å²) in [6.45, 7) is 4.19. The fourth-order valence-corrected chi connectivity index (χ4v) is 6.05. The lowest BCUT2D eigenvalue weighted by Gasteiger charge is -2.30. The van der Waals surface area contributed by atoms with Crippen molar-refractivity contribution in [1.29, 1.82) is 0 Å². The van der Waals surface area contributed by atoms with Crippen molar-refractivity contribution in [1.82, 2.24) is 19.8 Å². The van der Waals surface area contributed by atoms with Crippen molar-refractivity contribution in [2.45, 2.75) is 38.0 Å². The van der Waals surface area contributed by atoms with Gasteiger partial charge < -0.3 is 29.5 Å². The molecule has 2 saturated heterocycles. The summed E-state index contributed by atoms with van der Waals surface area (Å²) in [6, 6.07) is 16.6. The van der Waals surface area contributed by atoms with E-state index in [-0.39, 0.29) is 18.5 Å². The van der Waals surface area contributed by atoms with Crippen LogP contribution in [-0.2, 0) is 6.61 Å². The van der Waals surface area contributed by atoms with Crippen molar-refractivity contribution < 1.29 is 13.9 Å². The molecule has 0 saturated carbocycles. The Morgan fingerprint density at radius 2 is 1.84 bits per heavy atom.